The van der Waals surface area contributed by atoms with Gasteiger partial charge in [0.1, 0.15) is 22.8 Å². The Kier molecular flexibility index (Phi) is 4.74. The number of phenolic OH excluding ortho intramolecular Hbond substituents is 1. The van der Waals surface area contributed by atoms with Gasteiger partial charge >= 0.3 is 0 Å². The summed E-state index contributed by atoms with van der Waals surface area (Å²) in [6, 6.07) is 3.23. The molecule has 1 aromatic carbocycles. The number of carbonyl (C=O) groups excluding carboxylic acids is 3. The second kappa shape index (κ2) is 6.89. The lowest BCUT2D eigenvalue weighted by Crippen LogP contribution is -3.13. The van der Waals surface area contributed by atoms with Crippen LogP contribution in [-0.2, 0) is 14.4 Å². The number of nitrogens with two attached hydrogens (primary N) is 1. The smallest absolute Gasteiger partial charge is 0.256 e. The zero-order valence-electron chi connectivity index (χ0n) is 17.7. The van der Waals surface area contributed by atoms with Crippen molar-refractivity contribution >= 4 is 23.2 Å². The first kappa shape index (κ1) is 22.0. The molecule has 1 aromatic rings. The summed E-state index contributed by atoms with van der Waals surface area (Å²) in [5, 5.41) is 54.9. The Morgan fingerprint density at radius 1 is 1.16 bits per heavy atom. The van der Waals surface area contributed by atoms with Gasteiger partial charge in [-0.15, -0.1) is 0 Å². The first-order valence-corrected chi connectivity index (χ1v) is 10.2. The van der Waals surface area contributed by atoms with E-state index in [0.29, 0.717) is 10.5 Å². The highest BCUT2D eigenvalue weighted by Crippen LogP contribution is 2.55. The van der Waals surface area contributed by atoms with Crippen molar-refractivity contribution < 1.29 is 44.8 Å². The zero-order valence-corrected chi connectivity index (χ0v) is 17.7. The lowest BCUT2D eigenvalue weighted by Gasteiger charge is -2.52. The minimum absolute atomic E-state index is 0.0193. The van der Waals surface area contributed by atoms with Gasteiger partial charge in [0.05, 0.1) is 31.7 Å². The predicted molar refractivity (Wildman–Crippen MR) is 109 cm³/mol. The molecule has 1 saturated carbocycles. The van der Waals surface area contributed by atoms with E-state index < -0.39 is 75.6 Å². The van der Waals surface area contributed by atoms with Crippen LogP contribution in [-0.4, -0.2) is 74.8 Å². The third-order valence-electron chi connectivity index (χ3n) is 7.09. The highest BCUT2D eigenvalue weighted by Gasteiger charge is 2.69. The number of fused-ring (bicyclic) bond motifs is 3. The van der Waals surface area contributed by atoms with Crippen molar-refractivity contribution in [3.63, 3.8) is 0 Å². The van der Waals surface area contributed by atoms with Crippen molar-refractivity contribution in [1.82, 2.24) is 0 Å². The number of Topliss-reactive ketones (excluding diaryl/α,β-unsaturated/α-hetero) is 2. The van der Waals surface area contributed by atoms with Crippen LogP contribution in [0, 0.1) is 11.8 Å². The van der Waals surface area contributed by atoms with Crippen LogP contribution in [0.3, 0.4) is 0 Å². The number of quaternary nitrogens is 1. The maximum Gasteiger partial charge on any atom is 0.256 e. The van der Waals surface area contributed by atoms with E-state index in [4.69, 9.17) is 5.73 Å². The predicted octanol–water partition coefficient (Wildman–Crippen LogP) is -1.92. The van der Waals surface area contributed by atoms with Crippen LogP contribution in [0.5, 0.6) is 5.75 Å². The number of phenols is 1. The van der Waals surface area contributed by atoms with Gasteiger partial charge in [-0.05, 0) is 17.5 Å². The molecule has 0 saturated heterocycles. The Hall–Kier alpha value is -3.21. The summed E-state index contributed by atoms with van der Waals surface area (Å²) in [5.74, 6) is -8.72. The van der Waals surface area contributed by atoms with Crippen LogP contribution in [0.1, 0.15) is 24.0 Å². The number of benzene rings is 1. The molecular weight excluding hydrogens is 420 g/mol. The van der Waals surface area contributed by atoms with Gasteiger partial charge in [-0.1, -0.05) is 19.1 Å². The minimum Gasteiger partial charge on any atom is -0.508 e. The van der Waals surface area contributed by atoms with Gasteiger partial charge in [0, 0.05) is 11.5 Å². The Labute approximate surface area is 182 Å². The Balaban J connectivity index is 2.07. The molecule has 0 radical (unpaired) electrons. The maximum atomic E-state index is 13.7. The quantitative estimate of drug-likeness (QED) is 0.257. The molecule has 4 rings (SSSR count). The van der Waals surface area contributed by atoms with Crippen molar-refractivity contribution in [2.45, 2.75) is 30.6 Å². The van der Waals surface area contributed by atoms with Crippen LogP contribution in [0.4, 0.5) is 0 Å². The summed E-state index contributed by atoms with van der Waals surface area (Å²) in [7, 11) is 3.09. The molecule has 10 heteroatoms. The second-order valence-electron chi connectivity index (χ2n) is 8.94. The van der Waals surface area contributed by atoms with E-state index in [9.17, 15) is 39.9 Å². The largest absolute Gasteiger partial charge is 0.508 e. The molecule has 0 heterocycles. The number of primary amides is 1. The second-order valence-corrected chi connectivity index (χ2v) is 8.94. The molecule has 0 aromatic heterocycles. The fraction of sp³-hybridized carbons (Fsp3) is 0.409. The first-order chi connectivity index (χ1) is 14.9. The topological polar surface area (TPSA) is 183 Å². The van der Waals surface area contributed by atoms with Gasteiger partial charge in [-0.2, -0.15) is 0 Å². The highest BCUT2D eigenvalue weighted by molar-refractivity contribution is 6.24. The SMILES string of the molecule is C[C@H]1c2cccc(O)c2C(O)=C2C(=O)[C@]3(O)C(O)=C(C(N)=O)C(=O)[C@@H]([NH+](C)C)[C@@H]3[C@@H](O)[C@@H]21. The van der Waals surface area contributed by atoms with E-state index in [2.05, 4.69) is 0 Å². The van der Waals surface area contributed by atoms with Gasteiger partial charge in [-0.25, -0.2) is 0 Å². The molecule has 1 amide bonds. The molecule has 0 bridgehead atoms. The van der Waals surface area contributed by atoms with E-state index in [0.717, 1.165) is 0 Å². The number of rotatable bonds is 2. The summed E-state index contributed by atoms with van der Waals surface area (Å²) in [5.41, 5.74) is 1.54. The summed E-state index contributed by atoms with van der Waals surface area (Å²) >= 11 is 0. The van der Waals surface area contributed by atoms with Gasteiger partial charge < -0.3 is 36.2 Å². The molecule has 10 nitrogen and oxygen atoms in total. The van der Waals surface area contributed by atoms with Crippen molar-refractivity contribution in [2.24, 2.45) is 17.6 Å². The van der Waals surface area contributed by atoms with E-state index in [-0.39, 0.29) is 11.3 Å². The average molecular weight is 445 g/mol. The Morgan fingerprint density at radius 3 is 2.34 bits per heavy atom. The van der Waals surface area contributed by atoms with Crippen LogP contribution < -0.4 is 10.6 Å². The molecule has 170 valence electrons. The number of nitrogens with one attached hydrogen (secondary N) is 1. The summed E-state index contributed by atoms with van der Waals surface area (Å²) < 4.78 is 0. The molecule has 0 spiro atoms. The van der Waals surface area contributed by atoms with Crippen molar-refractivity contribution in [1.29, 1.82) is 0 Å². The standard InChI is InChI=1S/C22H24N2O8/c1-7-8-5-4-6-9(25)11(8)16(26)12-10(7)17(27)14-15(24(2)3)18(28)13(21(23)31)20(30)22(14,32)19(12)29/h4-7,10,14-15,17,25-27,30,32H,1-3H3,(H2,23,31)/p+1/t7-,10+,14+,15-,17-,22-/m0/s1. The molecule has 32 heavy (non-hydrogen) atoms. The van der Waals surface area contributed by atoms with Gasteiger partial charge in [0.25, 0.3) is 5.91 Å². The Bertz CT molecular complexity index is 1140. The molecule has 0 aliphatic heterocycles. The molecule has 3 aliphatic rings. The van der Waals surface area contributed by atoms with Gasteiger partial charge in [0.2, 0.25) is 11.6 Å². The van der Waals surface area contributed by atoms with Crippen molar-refractivity contribution in [3.8, 4) is 5.75 Å². The normalized spacial score (nSPS) is 34.4. The summed E-state index contributed by atoms with van der Waals surface area (Å²) in [6.07, 6.45) is -1.57. The number of aliphatic hydroxyl groups is 4. The van der Waals surface area contributed by atoms with Crippen molar-refractivity contribution in [3.05, 3.63) is 46.2 Å². The number of aromatic hydroxyl groups is 1. The molecule has 0 unspecified atom stereocenters. The van der Waals surface area contributed by atoms with Crippen LogP contribution in [0.25, 0.3) is 5.76 Å². The molecule has 8 N–H and O–H groups in total. The van der Waals surface area contributed by atoms with E-state index >= 15 is 0 Å². The van der Waals surface area contributed by atoms with Crippen molar-refractivity contribution in [2.75, 3.05) is 14.1 Å². The third-order valence-corrected chi connectivity index (χ3v) is 7.09. The van der Waals surface area contributed by atoms with Crippen LogP contribution in [0.2, 0.25) is 0 Å². The molecule has 3 aliphatic carbocycles. The highest BCUT2D eigenvalue weighted by atomic mass is 16.4. The van der Waals surface area contributed by atoms with Crippen LogP contribution in [0.15, 0.2) is 35.1 Å². The number of hydrogen-bond donors (Lipinski definition) is 7. The number of carbonyl (C=O) groups is 3. The van der Waals surface area contributed by atoms with E-state index in [1.807, 2.05) is 0 Å². The lowest BCUT2D eigenvalue weighted by molar-refractivity contribution is -0.881. The number of likely N-dealkylation sites (N-methyl/N-ethyl adjacent to an activating group) is 1. The fourth-order valence-corrected chi connectivity index (χ4v) is 5.67. The van der Waals surface area contributed by atoms with Gasteiger partial charge in [-0.3, -0.25) is 14.4 Å². The Morgan fingerprint density at radius 2 is 1.78 bits per heavy atom. The minimum atomic E-state index is -2.87. The number of ketones is 2. The molecule has 6 atom stereocenters. The maximum absolute atomic E-state index is 13.7. The first-order valence-electron chi connectivity index (χ1n) is 10.2. The summed E-state index contributed by atoms with van der Waals surface area (Å²) in [4.78, 5) is 39.1. The molecule has 1 fully saturated rings. The van der Waals surface area contributed by atoms with Gasteiger partial charge in [0.15, 0.2) is 11.6 Å². The van der Waals surface area contributed by atoms with Crippen LogP contribution >= 0.6 is 0 Å². The zero-order chi connectivity index (χ0) is 23.9. The van der Waals surface area contributed by atoms with E-state index in [1.54, 1.807) is 33.2 Å². The monoisotopic (exact) mass is 445 g/mol. The lowest BCUT2D eigenvalue weighted by atomic mass is 9.54. The number of aliphatic hydroxyl groups excluding tert-OH is 3. The summed E-state index contributed by atoms with van der Waals surface area (Å²) in [6.45, 7) is 1.68. The molecular formula is C22H25N2O8+. The fourth-order valence-electron chi connectivity index (χ4n) is 5.67. The average Bonchev–Trinajstić information content (AvgIpc) is 2.70. The number of hydrogen-bond acceptors (Lipinski definition) is 8. The number of amides is 1. The van der Waals surface area contributed by atoms with E-state index in [1.165, 1.54) is 6.07 Å². The third kappa shape index (κ3) is 2.48.